The number of hydrogen-bond acceptors (Lipinski definition) is 4. The number of aliphatic carboxylic acids is 2. The molecular weight excluding hydrogens is 452 g/mol. The third kappa shape index (κ3) is 13.4. The molecule has 0 unspecified atom stereocenters. The van der Waals surface area contributed by atoms with Crippen molar-refractivity contribution in [2.24, 2.45) is 0 Å². The molecule has 0 aromatic rings. The van der Waals surface area contributed by atoms with Crippen molar-refractivity contribution in [3.63, 3.8) is 0 Å². The Balaban J connectivity index is 0.000000515. The normalized spacial score (nSPS) is 22.4. The fourth-order valence-electron chi connectivity index (χ4n) is 5.48. The lowest BCUT2D eigenvalue weighted by Crippen LogP contribution is -2.56. The van der Waals surface area contributed by atoms with Gasteiger partial charge in [0.15, 0.2) is 0 Å². The second-order valence-electron chi connectivity index (χ2n) is 13.5. The highest BCUT2D eigenvalue weighted by molar-refractivity contribution is 5.66. The average molecular weight is 513 g/mol. The molecule has 6 heteroatoms. The van der Waals surface area contributed by atoms with Gasteiger partial charge in [0.25, 0.3) is 0 Å². The van der Waals surface area contributed by atoms with Crippen molar-refractivity contribution in [3.8, 4) is 0 Å². The van der Waals surface area contributed by atoms with E-state index >= 15 is 0 Å². The topological polar surface area (TPSA) is 81.1 Å². The minimum absolute atomic E-state index is 0.245. The van der Waals surface area contributed by atoms with Crippen LogP contribution in [0.25, 0.3) is 0 Å². The molecule has 2 rings (SSSR count). The van der Waals surface area contributed by atoms with Crippen LogP contribution in [-0.4, -0.2) is 68.2 Å². The van der Waals surface area contributed by atoms with Crippen molar-refractivity contribution >= 4 is 11.9 Å². The molecule has 2 heterocycles. The fraction of sp³-hybridized carbons (Fsp3) is 0.933. The molecule has 0 aromatic heterocycles. The molecule has 6 nitrogen and oxygen atoms in total. The van der Waals surface area contributed by atoms with E-state index in [9.17, 15) is 9.59 Å². The molecule has 2 saturated heterocycles. The number of carboxylic acid groups (broad SMARTS) is 2. The zero-order valence-corrected chi connectivity index (χ0v) is 25.5. The second kappa shape index (κ2) is 15.3. The van der Waals surface area contributed by atoms with Crippen LogP contribution >= 0.6 is 0 Å². The summed E-state index contributed by atoms with van der Waals surface area (Å²) in [5.41, 5.74) is 1.62. The molecule has 2 fully saturated rings. The van der Waals surface area contributed by atoms with Gasteiger partial charge in [0.2, 0.25) is 0 Å². The molecule has 0 atom stereocenters. The second-order valence-corrected chi connectivity index (χ2v) is 13.5. The molecule has 0 radical (unpaired) electrons. The summed E-state index contributed by atoms with van der Waals surface area (Å²) < 4.78 is 0. The summed E-state index contributed by atoms with van der Waals surface area (Å²) in [6.07, 6.45) is 13.9. The van der Waals surface area contributed by atoms with Crippen molar-refractivity contribution in [2.75, 3.05) is 14.1 Å². The molecule has 36 heavy (non-hydrogen) atoms. The molecule has 0 amide bonds. The number of carboxylic acids is 2. The van der Waals surface area contributed by atoms with Gasteiger partial charge in [-0.25, -0.2) is 0 Å². The van der Waals surface area contributed by atoms with Crippen molar-refractivity contribution in [1.82, 2.24) is 9.80 Å². The van der Waals surface area contributed by atoms with Crippen LogP contribution in [0.4, 0.5) is 0 Å². The van der Waals surface area contributed by atoms with Crippen LogP contribution in [0.3, 0.4) is 0 Å². The zero-order chi connectivity index (χ0) is 28.2. The van der Waals surface area contributed by atoms with E-state index in [0.29, 0.717) is 22.2 Å². The van der Waals surface area contributed by atoms with Crippen LogP contribution in [0.5, 0.6) is 0 Å². The predicted octanol–water partition coefficient (Wildman–Crippen LogP) is 7.60. The van der Waals surface area contributed by atoms with Gasteiger partial charge in [0.05, 0.1) is 0 Å². The Kier molecular flexibility index (Phi) is 14.8. The van der Waals surface area contributed by atoms with Gasteiger partial charge in [-0.15, -0.1) is 0 Å². The van der Waals surface area contributed by atoms with Crippen molar-refractivity contribution in [2.45, 2.75) is 167 Å². The van der Waals surface area contributed by atoms with Crippen LogP contribution in [0, 0.1) is 0 Å². The van der Waals surface area contributed by atoms with E-state index in [4.69, 9.17) is 10.2 Å². The first-order valence-corrected chi connectivity index (χ1v) is 14.3. The Morgan fingerprint density at radius 2 is 0.750 bits per heavy atom. The van der Waals surface area contributed by atoms with E-state index in [2.05, 4.69) is 79.3 Å². The zero-order valence-electron chi connectivity index (χ0n) is 25.5. The smallest absolute Gasteiger partial charge is 0.303 e. The van der Waals surface area contributed by atoms with Gasteiger partial charge in [-0.05, 0) is 121 Å². The first-order chi connectivity index (χ1) is 16.3. The molecule has 0 spiro atoms. The van der Waals surface area contributed by atoms with Gasteiger partial charge in [-0.2, -0.15) is 0 Å². The highest BCUT2D eigenvalue weighted by atomic mass is 16.4. The molecule has 0 bridgehead atoms. The SMILES string of the molecule is CN1C(C)(C)CCCC1(C)C.CN1C(C)(C)CCCC1(C)C.O=C(O)CCCCCCCCC(=O)O. The van der Waals surface area contributed by atoms with Gasteiger partial charge in [-0.1, -0.05) is 25.7 Å². The van der Waals surface area contributed by atoms with E-state index in [1.807, 2.05) is 0 Å². The number of rotatable bonds is 9. The van der Waals surface area contributed by atoms with E-state index in [1.165, 1.54) is 38.5 Å². The summed E-state index contributed by atoms with van der Waals surface area (Å²) in [7, 11) is 4.50. The van der Waals surface area contributed by atoms with Gasteiger partial charge in [0.1, 0.15) is 0 Å². The lowest BCUT2D eigenvalue weighted by atomic mass is 9.80. The molecule has 0 saturated carbocycles. The minimum Gasteiger partial charge on any atom is -0.481 e. The number of piperidine rings is 2. The van der Waals surface area contributed by atoms with E-state index in [0.717, 1.165) is 38.5 Å². The van der Waals surface area contributed by atoms with Crippen LogP contribution < -0.4 is 0 Å². The average Bonchev–Trinajstić information content (AvgIpc) is 2.72. The summed E-state index contributed by atoms with van der Waals surface area (Å²) in [6.45, 7) is 18.7. The maximum Gasteiger partial charge on any atom is 0.303 e. The van der Waals surface area contributed by atoms with Crippen LogP contribution in [0.1, 0.15) is 145 Å². The van der Waals surface area contributed by atoms with Crippen molar-refractivity contribution in [1.29, 1.82) is 0 Å². The molecule has 2 N–H and O–H groups in total. The van der Waals surface area contributed by atoms with Gasteiger partial charge < -0.3 is 10.2 Å². The van der Waals surface area contributed by atoms with Crippen molar-refractivity contribution < 1.29 is 19.8 Å². The lowest BCUT2D eigenvalue weighted by molar-refractivity contribution is -0.138. The maximum atomic E-state index is 10.1. The Morgan fingerprint density at radius 3 is 0.944 bits per heavy atom. The van der Waals surface area contributed by atoms with Crippen LogP contribution in [0.2, 0.25) is 0 Å². The van der Waals surface area contributed by atoms with E-state index in [1.54, 1.807) is 0 Å². The minimum atomic E-state index is -0.740. The summed E-state index contributed by atoms with van der Waals surface area (Å²) in [5, 5.41) is 16.7. The molecule has 0 aliphatic carbocycles. The first kappa shape index (κ1) is 34.9. The Morgan fingerprint density at radius 1 is 0.528 bits per heavy atom. The summed E-state index contributed by atoms with van der Waals surface area (Å²) >= 11 is 0. The van der Waals surface area contributed by atoms with Crippen LogP contribution in [-0.2, 0) is 9.59 Å². The van der Waals surface area contributed by atoms with Crippen molar-refractivity contribution in [3.05, 3.63) is 0 Å². The van der Waals surface area contributed by atoms with Gasteiger partial charge in [0, 0.05) is 35.0 Å². The summed E-state index contributed by atoms with van der Waals surface area (Å²) in [4.78, 5) is 25.3. The Labute approximate surface area is 223 Å². The Hall–Kier alpha value is -1.14. The Bertz CT molecular complexity index is 567. The quantitative estimate of drug-likeness (QED) is 0.310. The lowest BCUT2D eigenvalue weighted by Gasteiger charge is -2.51. The third-order valence-corrected chi connectivity index (χ3v) is 8.82. The number of carbonyl (C=O) groups is 2. The fourth-order valence-corrected chi connectivity index (χ4v) is 5.48. The standard InChI is InChI=1S/2C10H21N.C10H18O4/c2*1-9(2)7-6-8-10(3,4)11(9)5;11-9(12)7-5-3-1-2-4-6-8-10(13)14/h2*6-8H2,1-5H3;1-8H2,(H,11,12)(H,13,14). The monoisotopic (exact) mass is 512 g/mol. The molecule has 214 valence electrons. The van der Waals surface area contributed by atoms with Gasteiger partial charge in [-0.3, -0.25) is 19.4 Å². The summed E-state index contributed by atoms with van der Waals surface area (Å²) in [6, 6.07) is 0. The number of hydrogen-bond donors (Lipinski definition) is 2. The number of nitrogens with zero attached hydrogens (tertiary/aromatic N) is 2. The molecular formula is C30H60N2O4. The van der Waals surface area contributed by atoms with Gasteiger partial charge >= 0.3 is 11.9 Å². The number of unbranched alkanes of at least 4 members (excludes halogenated alkanes) is 5. The molecule has 2 aliphatic rings. The maximum absolute atomic E-state index is 10.1. The van der Waals surface area contributed by atoms with E-state index < -0.39 is 11.9 Å². The number of likely N-dealkylation sites (tertiary alicyclic amines) is 2. The summed E-state index contributed by atoms with van der Waals surface area (Å²) in [5.74, 6) is -1.48. The largest absolute Gasteiger partial charge is 0.481 e. The first-order valence-electron chi connectivity index (χ1n) is 14.3. The molecule has 0 aromatic carbocycles. The highest BCUT2D eigenvalue weighted by Gasteiger charge is 2.39. The highest BCUT2D eigenvalue weighted by Crippen LogP contribution is 2.37. The molecule has 2 aliphatic heterocycles. The predicted molar refractivity (Wildman–Crippen MR) is 152 cm³/mol. The van der Waals surface area contributed by atoms with Crippen LogP contribution in [0.15, 0.2) is 0 Å². The van der Waals surface area contributed by atoms with E-state index in [-0.39, 0.29) is 12.8 Å². The third-order valence-electron chi connectivity index (χ3n) is 8.82.